The molecular formula is C20H15F3N4O2. The zero-order valence-corrected chi connectivity index (χ0v) is 15.3. The molecule has 0 radical (unpaired) electrons. The molecule has 4 aromatic rings. The Balaban J connectivity index is 1.53. The Kier molecular flexibility index (Phi) is 3.87. The second kappa shape index (κ2) is 6.33. The van der Waals surface area contributed by atoms with Crippen LogP contribution in [0.1, 0.15) is 29.3 Å². The van der Waals surface area contributed by atoms with Gasteiger partial charge in [0.25, 0.3) is 0 Å². The van der Waals surface area contributed by atoms with Crippen molar-refractivity contribution in [3.05, 3.63) is 75.4 Å². The predicted octanol–water partition coefficient (Wildman–Crippen LogP) is 3.38. The molecule has 1 atom stereocenters. The predicted molar refractivity (Wildman–Crippen MR) is 97.0 cm³/mol. The van der Waals surface area contributed by atoms with E-state index in [1.807, 2.05) is 16.7 Å². The number of hydrogen-bond acceptors (Lipinski definition) is 4. The summed E-state index contributed by atoms with van der Waals surface area (Å²) in [7, 11) is 1.57. The molecule has 0 fully saturated rings. The summed E-state index contributed by atoms with van der Waals surface area (Å²) in [5.74, 6) is -3.43. The maximum absolute atomic E-state index is 14.2. The van der Waals surface area contributed by atoms with Gasteiger partial charge in [0, 0.05) is 30.6 Å². The molecule has 9 heteroatoms. The molecule has 0 bridgehead atoms. The molecule has 1 aliphatic rings. The topological polar surface area (TPSA) is 65.3 Å². The normalized spacial score (nSPS) is 16.3. The van der Waals surface area contributed by atoms with E-state index >= 15 is 0 Å². The van der Waals surface area contributed by atoms with Crippen molar-refractivity contribution >= 4 is 5.65 Å². The number of benzene rings is 1. The van der Waals surface area contributed by atoms with Crippen molar-refractivity contribution in [1.29, 1.82) is 0 Å². The lowest BCUT2D eigenvalue weighted by molar-refractivity contribution is 0.380. The van der Waals surface area contributed by atoms with Gasteiger partial charge < -0.3 is 4.40 Å². The lowest BCUT2D eigenvalue weighted by atomic mass is 9.84. The molecule has 6 nitrogen and oxygen atoms in total. The third kappa shape index (κ3) is 2.76. The van der Waals surface area contributed by atoms with Gasteiger partial charge in [-0.15, -0.1) is 0 Å². The summed E-state index contributed by atoms with van der Waals surface area (Å²) in [5.41, 5.74) is 3.30. The summed E-state index contributed by atoms with van der Waals surface area (Å²) in [4.78, 5) is 16.2. The van der Waals surface area contributed by atoms with E-state index in [0.717, 1.165) is 17.5 Å². The van der Waals surface area contributed by atoms with Gasteiger partial charge in [0.2, 0.25) is 0 Å². The number of aryl methyl sites for hydroxylation is 1. The van der Waals surface area contributed by atoms with E-state index in [9.17, 15) is 18.0 Å². The average Bonchev–Trinajstić information content (AvgIpc) is 3.23. The van der Waals surface area contributed by atoms with Crippen LogP contribution in [0.25, 0.3) is 17.0 Å². The molecule has 3 aromatic heterocycles. The van der Waals surface area contributed by atoms with E-state index in [0.29, 0.717) is 42.4 Å². The van der Waals surface area contributed by atoms with E-state index in [1.165, 1.54) is 4.57 Å². The van der Waals surface area contributed by atoms with Gasteiger partial charge >= 0.3 is 5.76 Å². The Morgan fingerprint density at radius 3 is 2.69 bits per heavy atom. The monoisotopic (exact) mass is 400 g/mol. The lowest BCUT2D eigenvalue weighted by Crippen LogP contribution is -2.15. The van der Waals surface area contributed by atoms with E-state index in [2.05, 4.69) is 14.7 Å². The molecule has 0 spiro atoms. The third-order valence-electron chi connectivity index (χ3n) is 5.52. The van der Waals surface area contributed by atoms with Gasteiger partial charge in [-0.2, -0.15) is 0 Å². The molecular weight excluding hydrogens is 385 g/mol. The molecule has 0 N–H and O–H groups in total. The number of halogens is 3. The molecule has 1 aromatic carbocycles. The van der Waals surface area contributed by atoms with Gasteiger partial charge in [0.1, 0.15) is 11.5 Å². The van der Waals surface area contributed by atoms with Crippen LogP contribution in [0, 0.1) is 17.5 Å². The van der Waals surface area contributed by atoms with Crippen LogP contribution >= 0.6 is 0 Å². The number of rotatable bonds is 2. The summed E-state index contributed by atoms with van der Waals surface area (Å²) in [6.45, 7) is 0. The van der Waals surface area contributed by atoms with Gasteiger partial charge in [-0.05, 0) is 48.9 Å². The number of pyridine rings is 1. The van der Waals surface area contributed by atoms with E-state index in [-0.39, 0.29) is 11.5 Å². The number of imidazole rings is 1. The van der Waals surface area contributed by atoms with Crippen molar-refractivity contribution in [1.82, 2.24) is 19.1 Å². The van der Waals surface area contributed by atoms with Crippen LogP contribution in [0.3, 0.4) is 0 Å². The van der Waals surface area contributed by atoms with Crippen molar-refractivity contribution in [2.45, 2.75) is 25.2 Å². The van der Waals surface area contributed by atoms with Crippen LogP contribution in [-0.2, 0) is 19.9 Å². The minimum absolute atomic E-state index is 0.171. The van der Waals surface area contributed by atoms with E-state index < -0.39 is 23.2 Å². The maximum Gasteiger partial charge on any atom is 0.441 e. The number of fused-ring (bicyclic) bond motifs is 3. The van der Waals surface area contributed by atoms with Crippen molar-refractivity contribution in [3.8, 4) is 11.4 Å². The highest BCUT2D eigenvalue weighted by Crippen LogP contribution is 2.35. The van der Waals surface area contributed by atoms with Gasteiger partial charge in [-0.25, -0.2) is 22.9 Å². The molecule has 5 rings (SSSR count). The second-order valence-corrected chi connectivity index (χ2v) is 7.21. The molecule has 1 unspecified atom stereocenters. The Labute approximate surface area is 162 Å². The number of aromatic nitrogens is 4. The summed E-state index contributed by atoms with van der Waals surface area (Å²) < 4.78 is 49.0. The average molecular weight is 400 g/mol. The second-order valence-electron chi connectivity index (χ2n) is 7.21. The highest BCUT2D eigenvalue weighted by molar-refractivity contribution is 5.62. The molecule has 148 valence electrons. The fraction of sp³-hybridized carbons (Fsp3) is 0.250. The van der Waals surface area contributed by atoms with Crippen molar-refractivity contribution in [2.75, 3.05) is 0 Å². The molecule has 0 saturated heterocycles. The highest BCUT2D eigenvalue weighted by Gasteiger charge is 2.27. The summed E-state index contributed by atoms with van der Waals surface area (Å²) >= 11 is 0. The van der Waals surface area contributed by atoms with Gasteiger partial charge in [0.05, 0.1) is 5.69 Å². The molecule has 3 heterocycles. The standard InChI is InChI=1S/C20H15F3N4O2/c1-26-19(25-29-20(26)28)11-4-5-27-17-3-2-10(6-16(17)24-18(27)7-11)12-8-14(22)15(23)9-13(12)21/h4-5,7-10H,2-3,6H2,1H3. The van der Waals surface area contributed by atoms with Crippen LogP contribution in [0.4, 0.5) is 13.2 Å². The van der Waals surface area contributed by atoms with E-state index in [1.54, 1.807) is 13.1 Å². The largest absolute Gasteiger partial charge is 0.441 e. The first-order valence-electron chi connectivity index (χ1n) is 9.09. The van der Waals surface area contributed by atoms with Crippen molar-refractivity contribution in [2.24, 2.45) is 7.05 Å². The number of hydrogen-bond donors (Lipinski definition) is 0. The zero-order chi connectivity index (χ0) is 20.3. The fourth-order valence-corrected chi connectivity index (χ4v) is 4.01. The minimum Gasteiger partial charge on any atom is -0.304 e. The first-order valence-corrected chi connectivity index (χ1v) is 9.09. The van der Waals surface area contributed by atoms with Crippen LogP contribution in [0.15, 0.2) is 39.8 Å². The molecule has 0 saturated carbocycles. The molecule has 0 amide bonds. The van der Waals surface area contributed by atoms with Gasteiger partial charge in [0.15, 0.2) is 17.5 Å². The first kappa shape index (κ1) is 17.7. The van der Waals surface area contributed by atoms with Crippen LogP contribution < -0.4 is 5.76 Å². The molecule has 1 aliphatic carbocycles. The smallest absolute Gasteiger partial charge is 0.304 e. The first-order chi connectivity index (χ1) is 13.9. The lowest BCUT2D eigenvalue weighted by Gasteiger charge is -2.22. The van der Waals surface area contributed by atoms with Crippen LogP contribution in [0.2, 0.25) is 0 Å². The van der Waals surface area contributed by atoms with Crippen molar-refractivity contribution < 1.29 is 17.7 Å². The van der Waals surface area contributed by atoms with Gasteiger partial charge in [-0.1, -0.05) is 5.16 Å². The Hall–Kier alpha value is -3.36. The van der Waals surface area contributed by atoms with Crippen LogP contribution in [0.5, 0.6) is 0 Å². The summed E-state index contributed by atoms with van der Waals surface area (Å²) in [6.07, 6.45) is 3.49. The Morgan fingerprint density at radius 1 is 1.14 bits per heavy atom. The zero-order valence-electron chi connectivity index (χ0n) is 15.3. The van der Waals surface area contributed by atoms with Gasteiger partial charge in [-0.3, -0.25) is 9.09 Å². The Morgan fingerprint density at radius 2 is 1.93 bits per heavy atom. The molecule has 29 heavy (non-hydrogen) atoms. The summed E-state index contributed by atoms with van der Waals surface area (Å²) in [5, 5.41) is 3.78. The molecule has 0 aliphatic heterocycles. The number of nitrogens with zero attached hydrogens (tertiary/aromatic N) is 4. The van der Waals surface area contributed by atoms with Crippen molar-refractivity contribution in [3.63, 3.8) is 0 Å². The quantitative estimate of drug-likeness (QED) is 0.484. The third-order valence-corrected chi connectivity index (χ3v) is 5.52. The Bertz CT molecular complexity index is 1320. The minimum atomic E-state index is -1.19. The van der Waals surface area contributed by atoms with Crippen LogP contribution in [-0.4, -0.2) is 19.1 Å². The fourth-order valence-electron chi connectivity index (χ4n) is 4.01. The van der Waals surface area contributed by atoms with E-state index in [4.69, 9.17) is 0 Å². The SMILES string of the molecule is Cn1c(-c2ccn3c4c(nc3c2)CC(c2cc(F)c(F)cc2F)CC4)noc1=O. The maximum atomic E-state index is 14.2. The highest BCUT2D eigenvalue weighted by atomic mass is 19.2. The summed E-state index contributed by atoms with van der Waals surface area (Å²) in [6, 6.07) is 5.15.